The van der Waals surface area contributed by atoms with Gasteiger partial charge in [0.15, 0.2) is 0 Å². The van der Waals surface area contributed by atoms with Gasteiger partial charge in [-0.05, 0) is 24.3 Å². The highest BCUT2D eigenvalue weighted by Gasteiger charge is 2.33. The SMILES string of the molecule is CC(=O)OCC1CC(OC(C)=O)CC(Oc2ccc(C(=O)NCCO)cc2)O1. The molecule has 0 saturated carbocycles. The summed E-state index contributed by atoms with van der Waals surface area (Å²) >= 11 is 0. The van der Waals surface area contributed by atoms with E-state index in [1.165, 1.54) is 13.8 Å². The van der Waals surface area contributed by atoms with Crippen LogP contribution in [-0.4, -0.2) is 61.2 Å². The van der Waals surface area contributed by atoms with Crippen molar-refractivity contribution in [3.63, 3.8) is 0 Å². The largest absolute Gasteiger partial charge is 0.465 e. The lowest BCUT2D eigenvalue weighted by molar-refractivity contribution is -0.201. The van der Waals surface area contributed by atoms with E-state index in [1.807, 2.05) is 0 Å². The third-order valence-electron chi connectivity index (χ3n) is 3.91. The average molecular weight is 395 g/mol. The smallest absolute Gasteiger partial charge is 0.302 e. The predicted octanol–water partition coefficient (Wildman–Crippen LogP) is 0.787. The second-order valence-corrected chi connectivity index (χ2v) is 6.31. The van der Waals surface area contributed by atoms with Gasteiger partial charge in [-0.3, -0.25) is 14.4 Å². The number of amides is 1. The number of carbonyl (C=O) groups excluding carboxylic acids is 3. The number of hydrogen-bond donors (Lipinski definition) is 2. The first-order valence-corrected chi connectivity index (χ1v) is 8.99. The molecule has 1 heterocycles. The van der Waals surface area contributed by atoms with Gasteiger partial charge in [0.25, 0.3) is 5.91 Å². The number of aliphatic hydroxyl groups excluding tert-OH is 1. The van der Waals surface area contributed by atoms with Gasteiger partial charge >= 0.3 is 11.9 Å². The molecule has 1 aromatic carbocycles. The van der Waals surface area contributed by atoms with Crippen LogP contribution in [0.25, 0.3) is 0 Å². The summed E-state index contributed by atoms with van der Waals surface area (Å²) < 4.78 is 21.8. The fraction of sp³-hybridized carbons (Fsp3) is 0.526. The van der Waals surface area contributed by atoms with E-state index in [0.29, 0.717) is 24.2 Å². The van der Waals surface area contributed by atoms with Crippen molar-refractivity contribution in [1.82, 2.24) is 5.32 Å². The number of hydrogen-bond acceptors (Lipinski definition) is 8. The van der Waals surface area contributed by atoms with Crippen molar-refractivity contribution < 1.29 is 38.4 Å². The Kier molecular flexibility index (Phi) is 8.21. The van der Waals surface area contributed by atoms with Gasteiger partial charge in [0, 0.05) is 38.8 Å². The van der Waals surface area contributed by atoms with E-state index >= 15 is 0 Å². The summed E-state index contributed by atoms with van der Waals surface area (Å²) in [6.07, 6.45) is -0.852. The third-order valence-corrected chi connectivity index (χ3v) is 3.91. The fourth-order valence-electron chi connectivity index (χ4n) is 2.76. The van der Waals surface area contributed by atoms with Crippen molar-refractivity contribution in [2.24, 2.45) is 0 Å². The van der Waals surface area contributed by atoms with Crippen LogP contribution in [0.1, 0.15) is 37.0 Å². The molecular weight excluding hydrogens is 370 g/mol. The summed E-state index contributed by atoms with van der Waals surface area (Å²) in [5, 5.41) is 11.3. The summed E-state index contributed by atoms with van der Waals surface area (Å²) in [6, 6.07) is 6.41. The Balaban J connectivity index is 1.98. The molecule has 3 atom stereocenters. The first-order chi connectivity index (χ1) is 13.4. The summed E-state index contributed by atoms with van der Waals surface area (Å²) in [7, 11) is 0. The van der Waals surface area contributed by atoms with E-state index in [1.54, 1.807) is 24.3 Å². The van der Waals surface area contributed by atoms with Gasteiger partial charge < -0.3 is 29.4 Å². The zero-order chi connectivity index (χ0) is 20.5. The summed E-state index contributed by atoms with van der Waals surface area (Å²) in [5.41, 5.74) is 0.427. The van der Waals surface area contributed by atoms with E-state index < -0.39 is 30.4 Å². The van der Waals surface area contributed by atoms with E-state index in [0.717, 1.165) is 0 Å². The van der Waals surface area contributed by atoms with Crippen LogP contribution in [0.5, 0.6) is 5.75 Å². The average Bonchev–Trinajstić information content (AvgIpc) is 2.64. The number of aliphatic hydroxyl groups is 1. The molecule has 1 aliphatic rings. The Morgan fingerprint density at radius 2 is 1.86 bits per heavy atom. The minimum atomic E-state index is -0.701. The normalized spacial score (nSPS) is 21.5. The molecule has 154 valence electrons. The van der Waals surface area contributed by atoms with Crippen LogP contribution in [-0.2, 0) is 23.8 Å². The zero-order valence-electron chi connectivity index (χ0n) is 15.9. The van der Waals surface area contributed by atoms with Gasteiger partial charge in [-0.15, -0.1) is 0 Å². The first-order valence-electron chi connectivity index (χ1n) is 8.99. The number of benzene rings is 1. The molecule has 28 heavy (non-hydrogen) atoms. The molecule has 0 aliphatic carbocycles. The Bertz CT molecular complexity index is 675. The minimum absolute atomic E-state index is 0.0386. The molecule has 1 aliphatic heterocycles. The molecular formula is C19H25NO8. The summed E-state index contributed by atoms with van der Waals surface area (Å²) in [4.78, 5) is 34.2. The standard InChI is InChI=1S/C19H25NO8/c1-12(22)25-11-17-9-16(26-13(2)23)10-18(28-17)27-15-5-3-14(4-6-15)19(24)20-7-8-21/h3-6,16-18,21H,7-11H2,1-2H3,(H,20,24). The van der Waals surface area contributed by atoms with Crippen LogP contribution in [0.4, 0.5) is 0 Å². The maximum atomic E-state index is 11.8. The van der Waals surface area contributed by atoms with Crippen LogP contribution in [0.3, 0.4) is 0 Å². The summed E-state index contributed by atoms with van der Waals surface area (Å²) in [6.45, 7) is 2.71. The molecule has 1 saturated heterocycles. The second kappa shape index (κ2) is 10.6. The highest BCUT2D eigenvalue weighted by molar-refractivity contribution is 5.94. The van der Waals surface area contributed by atoms with E-state index in [4.69, 9.17) is 24.1 Å². The van der Waals surface area contributed by atoms with Crippen molar-refractivity contribution in [3.8, 4) is 5.75 Å². The van der Waals surface area contributed by atoms with Gasteiger partial charge in [-0.25, -0.2) is 0 Å². The van der Waals surface area contributed by atoms with E-state index in [9.17, 15) is 14.4 Å². The lowest BCUT2D eigenvalue weighted by atomic mass is 10.1. The van der Waals surface area contributed by atoms with Crippen molar-refractivity contribution in [1.29, 1.82) is 0 Å². The molecule has 1 amide bonds. The molecule has 2 N–H and O–H groups in total. The van der Waals surface area contributed by atoms with Gasteiger partial charge in [0.05, 0.1) is 12.7 Å². The maximum Gasteiger partial charge on any atom is 0.302 e. The molecule has 2 rings (SSSR count). The van der Waals surface area contributed by atoms with Crippen molar-refractivity contribution in [3.05, 3.63) is 29.8 Å². The van der Waals surface area contributed by atoms with E-state index in [2.05, 4.69) is 5.32 Å². The number of ether oxygens (including phenoxy) is 4. The molecule has 0 aromatic heterocycles. The second-order valence-electron chi connectivity index (χ2n) is 6.31. The Morgan fingerprint density at radius 1 is 1.14 bits per heavy atom. The molecule has 0 radical (unpaired) electrons. The molecule has 0 bridgehead atoms. The molecule has 0 spiro atoms. The van der Waals surface area contributed by atoms with Gasteiger partial charge in [0.2, 0.25) is 6.29 Å². The monoisotopic (exact) mass is 395 g/mol. The van der Waals surface area contributed by atoms with Gasteiger partial charge in [-0.2, -0.15) is 0 Å². The van der Waals surface area contributed by atoms with Gasteiger partial charge in [-0.1, -0.05) is 0 Å². The molecule has 9 heteroatoms. The van der Waals surface area contributed by atoms with Crippen LogP contribution in [0.15, 0.2) is 24.3 Å². The lowest BCUT2D eigenvalue weighted by Crippen LogP contribution is -2.42. The summed E-state index contributed by atoms with van der Waals surface area (Å²) in [5.74, 6) is -0.662. The predicted molar refractivity (Wildman–Crippen MR) is 96.6 cm³/mol. The lowest BCUT2D eigenvalue weighted by Gasteiger charge is -2.34. The number of nitrogens with one attached hydrogen (secondary N) is 1. The van der Waals surface area contributed by atoms with Crippen molar-refractivity contribution in [2.45, 2.75) is 45.2 Å². The molecule has 1 aromatic rings. The van der Waals surface area contributed by atoms with Crippen molar-refractivity contribution >= 4 is 17.8 Å². The Hall–Kier alpha value is -2.65. The molecule has 9 nitrogen and oxygen atoms in total. The minimum Gasteiger partial charge on any atom is -0.465 e. The van der Waals surface area contributed by atoms with Crippen LogP contribution in [0, 0.1) is 0 Å². The Labute approximate surface area is 162 Å². The quantitative estimate of drug-likeness (QED) is 0.620. The van der Waals surface area contributed by atoms with Crippen LogP contribution in [0.2, 0.25) is 0 Å². The van der Waals surface area contributed by atoms with E-state index in [-0.39, 0.29) is 25.7 Å². The highest BCUT2D eigenvalue weighted by atomic mass is 16.7. The van der Waals surface area contributed by atoms with Crippen LogP contribution >= 0.6 is 0 Å². The number of esters is 2. The fourth-order valence-corrected chi connectivity index (χ4v) is 2.76. The van der Waals surface area contributed by atoms with Crippen LogP contribution < -0.4 is 10.1 Å². The van der Waals surface area contributed by atoms with Crippen molar-refractivity contribution in [2.75, 3.05) is 19.8 Å². The zero-order valence-corrected chi connectivity index (χ0v) is 15.9. The first kappa shape index (κ1) is 21.6. The maximum absolute atomic E-state index is 11.8. The third kappa shape index (κ3) is 7.16. The topological polar surface area (TPSA) is 120 Å². The molecule has 1 fully saturated rings. The number of carbonyl (C=O) groups is 3. The number of rotatable bonds is 8. The van der Waals surface area contributed by atoms with Gasteiger partial charge in [0.1, 0.15) is 18.5 Å². The Morgan fingerprint density at radius 3 is 2.46 bits per heavy atom. The highest BCUT2D eigenvalue weighted by Crippen LogP contribution is 2.25. The molecule has 3 unspecified atom stereocenters.